The van der Waals surface area contributed by atoms with Gasteiger partial charge >= 0.3 is 0 Å². The standard InChI is InChI=1S/C35H22N4O/c1-3-12-32-28(9-1)29-15-14-23(35-38-31-11-2-4-13-34(31)40-35)21-33(29)39(32)27-19-25(24-8-7-16-36-22-24)18-26(20-27)30-10-5-6-17-37-30/h1-22H. The molecular weight excluding hydrogens is 492 g/mol. The van der Waals surface area contributed by atoms with E-state index in [1.807, 2.05) is 60.9 Å². The highest BCUT2D eigenvalue weighted by Crippen LogP contribution is 2.37. The van der Waals surface area contributed by atoms with E-state index in [9.17, 15) is 0 Å². The SMILES string of the molecule is c1ccc(-c2cc(-c3cccnc3)cc(-n3c4ccccc4c4ccc(-c5nc6ccccc6o5)cc43)c2)nc1. The normalized spacial score (nSPS) is 11.5. The minimum absolute atomic E-state index is 0.609. The highest BCUT2D eigenvalue weighted by molar-refractivity contribution is 6.10. The second kappa shape index (κ2) is 9.03. The zero-order valence-electron chi connectivity index (χ0n) is 21.4. The van der Waals surface area contributed by atoms with Gasteiger partial charge in [0.2, 0.25) is 5.89 Å². The van der Waals surface area contributed by atoms with Crippen molar-refractivity contribution in [1.82, 2.24) is 19.5 Å². The maximum Gasteiger partial charge on any atom is 0.227 e. The Morgan fingerprint density at radius 1 is 0.575 bits per heavy atom. The molecule has 0 radical (unpaired) electrons. The lowest BCUT2D eigenvalue weighted by molar-refractivity contribution is 0.620. The lowest BCUT2D eigenvalue weighted by atomic mass is 10.0. The Hall–Kier alpha value is -5.55. The molecule has 5 heteroatoms. The first-order valence-corrected chi connectivity index (χ1v) is 13.2. The Morgan fingerprint density at radius 2 is 1.43 bits per heavy atom. The van der Waals surface area contributed by atoms with Gasteiger partial charge in [0, 0.05) is 51.7 Å². The van der Waals surface area contributed by atoms with Crippen LogP contribution >= 0.6 is 0 Å². The Kier molecular flexibility index (Phi) is 5.07. The molecule has 4 aromatic heterocycles. The van der Waals surface area contributed by atoms with Gasteiger partial charge in [0.05, 0.1) is 16.7 Å². The lowest BCUT2D eigenvalue weighted by Gasteiger charge is -2.13. The number of para-hydroxylation sites is 3. The van der Waals surface area contributed by atoms with Crippen molar-refractivity contribution in [2.24, 2.45) is 0 Å². The summed E-state index contributed by atoms with van der Waals surface area (Å²) < 4.78 is 8.46. The number of rotatable bonds is 4. The van der Waals surface area contributed by atoms with Crippen LogP contribution in [0.3, 0.4) is 0 Å². The van der Waals surface area contributed by atoms with E-state index < -0.39 is 0 Å². The topological polar surface area (TPSA) is 56.7 Å². The van der Waals surface area contributed by atoms with Crippen molar-refractivity contribution in [3.8, 4) is 39.5 Å². The first-order chi connectivity index (χ1) is 19.8. The fourth-order valence-electron chi connectivity index (χ4n) is 5.50. The molecule has 0 spiro atoms. The van der Waals surface area contributed by atoms with Crippen molar-refractivity contribution in [3.63, 3.8) is 0 Å². The first-order valence-electron chi connectivity index (χ1n) is 13.2. The fraction of sp³-hybridized carbons (Fsp3) is 0. The van der Waals surface area contributed by atoms with E-state index in [1.165, 1.54) is 10.8 Å². The number of hydrogen-bond acceptors (Lipinski definition) is 4. The highest BCUT2D eigenvalue weighted by atomic mass is 16.3. The molecule has 0 N–H and O–H groups in total. The third kappa shape index (κ3) is 3.68. The summed E-state index contributed by atoms with van der Waals surface area (Å²) in [5, 5.41) is 2.36. The molecule has 0 fully saturated rings. The van der Waals surface area contributed by atoms with Gasteiger partial charge in [-0.2, -0.15) is 0 Å². The molecule has 188 valence electrons. The molecule has 4 aromatic carbocycles. The smallest absolute Gasteiger partial charge is 0.227 e. The molecule has 40 heavy (non-hydrogen) atoms. The largest absolute Gasteiger partial charge is 0.436 e. The van der Waals surface area contributed by atoms with Crippen LogP contribution in [0.1, 0.15) is 0 Å². The average Bonchev–Trinajstić information content (AvgIpc) is 3.61. The quantitative estimate of drug-likeness (QED) is 0.236. The Morgan fingerprint density at radius 3 is 2.30 bits per heavy atom. The summed E-state index contributed by atoms with van der Waals surface area (Å²) in [6, 6.07) is 39.5. The lowest BCUT2D eigenvalue weighted by Crippen LogP contribution is -1.97. The van der Waals surface area contributed by atoms with Crippen LogP contribution < -0.4 is 0 Å². The Labute approximate surface area is 230 Å². The molecule has 0 saturated carbocycles. The van der Waals surface area contributed by atoms with E-state index >= 15 is 0 Å². The molecule has 0 aliphatic rings. The van der Waals surface area contributed by atoms with Crippen molar-refractivity contribution in [2.75, 3.05) is 0 Å². The summed E-state index contributed by atoms with van der Waals surface area (Å²) in [5.41, 5.74) is 9.90. The molecule has 0 unspecified atom stereocenters. The molecule has 0 aliphatic carbocycles. The molecule has 0 saturated heterocycles. The van der Waals surface area contributed by atoms with Gasteiger partial charge in [0.15, 0.2) is 5.58 Å². The van der Waals surface area contributed by atoms with Gasteiger partial charge in [-0.05, 0) is 72.3 Å². The molecular formula is C35H22N4O. The number of pyridine rings is 2. The van der Waals surface area contributed by atoms with E-state index in [0.717, 1.165) is 55.8 Å². The predicted octanol–water partition coefficient (Wildman–Crippen LogP) is 8.72. The van der Waals surface area contributed by atoms with Gasteiger partial charge in [-0.15, -0.1) is 0 Å². The number of aromatic nitrogens is 4. The number of benzene rings is 4. The third-order valence-corrected chi connectivity index (χ3v) is 7.35. The first kappa shape index (κ1) is 22.4. The van der Waals surface area contributed by atoms with E-state index in [1.54, 1.807) is 6.20 Å². The summed E-state index contributed by atoms with van der Waals surface area (Å²) >= 11 is 0. The second-order valence-corrected chi connectivity index (χ2v) is 9.80. The Bertz CT molecular complexity index is 2070. The van der Waals surface area contributed by atoms with Crippen LogP contribution in [0.25, 0.3) is 72.4 Å². The highest BCUT2D eigenvalue weighted by Gasteiger charge is 2.17. The number of nitrogens with zero attached hydrogens (tertiary/aromatic N) is 4. The maximum absolute atomic E-state index is 6.14. The fourth-order valence-corrected chi connectivity index (χ4v) is 5.50. The zero-order valence-corrected chi connectivity index (χ0v) is 21.4. The molecule has 0 amide bonds. The van der Waals surface area contributed by atoms with Crippen LogP contribution in [0, 0.1) is 0 Å². The Balaban J connectivity index is 1.41. The molecule has 0 aliphatic heterocycles. The molecule has 8 aromatic rings. The van der Waals surface area contributed by atoms with Gasteiger partial charge < -0.3 is 8.98 Å². The van der Waals surface area contributed by atoms with Crippen LogP contribution in [0.5, 0.6) is 0 Å². The van der Waals surface area contributed by atoms with Crippen molar-refractivity contribution in [2.45, 2.75) is 0 Å². The van der Waals surface area contributed by atoms with Crippen LogP contribution in [-0.2, 0) is 0 Å². The van der Waals surface area contributed by atoms with Crippen molar-refractivity contribution in [3.05, 3.63) is 134 Å². The summed E-state index contributed by atoms with van der Waals surface area (Å²) in [7, 11) is 0. The number of fused-ring (bicyclic) bond motifs is 4. The summed E-state index contributed by atoms with van der Waals surface area (Å²) in [6.07, 6.45) is 5.53. The van der Waals surface area contributed by atoms with Crippen LogP contribution in [0.2, 0.25) is 0 Å². The van der Waals surface area contributed by atoms with Gasteiger partial charge in [-0.25, -0.2) is 4.98 Å². The number of hydrogen-bond donors (Lipinski definition) is 0. The summed E-state index contributed by atoms with van der Waals surface area (Å²) in [4.78, 5) is 13.8. The average molecular weight is 515 g/mol. The summed E-state index contributed by atoms with van der Waals surface area (Å²) in [5.74, 6) is 0.609. The maximum atomic E-state index is 6.14. The minimum atomic E-state index is 0.609. The van der Waals surface area contributed by atoms with Gasteiger partial charge in [0.25, 0.3) is 0 Å². The monoisotopic (exact) mass is 514 g/mol. The molecule has 0 atom stereocenters. The minimum Gasteiger partial charge on any atom is -0.436 e. The van der Waals surface area contributed by atoms with E-state index in [-0.39, 0.29) is 0 Å². The van der Waals surface area contributed by atoms with Gasteiger partial charge in [-0.3, -0.25) is 9.97 Å². The molecule has 0 bridgehead atoms. The van der Waals surface area contributed by atoms with Crippen LogP contribution in [0.15, 0.2) is 138 Å². The number of oxazole rings is 1. The van der Waals surface area contributed by atoms with E-state index in [4.69, 9.17) is 9.40 Å². The molecule has 4 heterocycles. The van der Waals surface area contributed by atoms with Gasteiger partial charge in [-0.1, -0.05) is 48.5 Å². The third-order valence-electron chi connectivity index (χ3n) is 7.35. The van der Waals surface area contributed by atoms with Crippen molar-refractivity contribution in [1.29, 1.82) is 0 Å². The van der Waals surface area contributed by atoms with E-state index in [2.05, 4.69) is 81.3 Å². The second-order valence-electron chi connectivity index (χ2n) is 9.80. The summed E-state index contributed by atoms with van der Waals surface area (Å²) in [6.45, 7) is 0. The molecule has 5 nitrogen and oxygen atoms in total. The van der Waals surface area contributed by atoms with Gasteiger partial charge in [0.1, 0.15) is 5.52 Å². The zero-order chi connectivity index (χ0) is 26.5. The molecule has 8 rings (SSSR count). The van der Waals surface area contributed by atoms with Crippen molar-refractivity contribution < 1.29 is 4.42 Å². The van der Waals surface area contributed by atoms with Crippen LogP contribution in [0.4, 0.5) is 0 Å². The van der Waals surface area contributed by atoms with Crippen LogP contribution in [-0.4, -0.2) is 19.5 Å². The van der Waals surface area contributed by atoms with E-state index in [0.29, 0.717) is 5.89 Å². The van der Waals surface area contributed by atoms with Crippen molar-refractivity contribution >= 4 is 32.9 Å². The predicted molar refractivity (Wildman–Crippen MR) is 160 cm³/mol.